The maximum absolute atomic E-state index is 3.21. The zero-order chi connectivity index (χ0) is 5.54. The van der Waals surface area contributed by atoms with Crippen LogP contribution in [0, 0.1) is 0 Å². The van der Waals surface area contributed by atoms with Gasteiger partial charge < -0.3 is 5.32 Å². The second-order valence-electron chi connectivity index (χ2n) is 0.947. The van der Waals surface area contributed by atoms with Crippen molar-refractivity contribution in [3.8, 4) is 0 Å². The van der Waals surface area contributed by atoms with Crippen LogP contribution in [-0.4, -0.2) is 16.8 Å². The lowest BCUT2D eigenvalue weighted by atomic mass is 10.8. The lowest BCUT2D eigenvalue weighted by Gasteiger charge is -1.92. The van der Waals surface area contributed by atoms with Gasteiger partial charge in [0.15, 0.2) is 0 Å². The van der Waals surface area contributed by atoms with E-state index in [2.05, 4.69) is 49.1 Å². The third kappa shape index (κ3) is 7.77. The summed E-state index contributed by atoms with van der Waals surface area (Å²) in [6.07, 6.45) is 0. The highest BCUT2D eigenvalue weighted by molar-refractivity contribution is 14.2. The summed E-state index contributed by atoms with van der Waals surface area (Å²) >= 11 is 4.61. The van der Waals surface area contributed by atoms with E-state index >= 15 is 0 Å². The second-order valence-corrected chi connectivity index (χ2v) is 4.20. The Morgan fingerprint density at radius 1 is 1.57 bits per heavy atom. The molecule has 1 N–H and O–H groups in total. The maximum atomic E-state index is 3.21. The Bertz CT molecular complexity index is 32.1. The Balaban J connectivity index is 2.45. The molecule has 0 aliphatic carbocycles. The van der Waals surface area contributed by atoms with E-state index in [1.54, 1.807) is 0 Å². The molecule has 7 heavy (non-hydrogen) atoms. The first kappa shape index (κ1) is 8.77. The van der Waals surface area contributed by atoms with Crippen LogP contribution in [0.2, 0.25) is 0 Å². The minimum atomic E-state index is 1.06. The normalized spacial score (nSPS) is 9.43. The molecule has 44 valence electrons. The second kappa shape index (κ2) is 7.77. The molecule has 0 unspecified atom stereocenters. The topological polar surface area (TPSA) is 12.0 Å². The summed E-state index contributed by atoms with van der Waals surface area (Å²) in [6, 6.07) is 0. The average Bonchev–Trinajstić information content (AvgIpc) is 1.69. The first-order valence-electron chi connectivity index (χ1n) is 1.92. The van der Waals surface area contributed by atoms with Crippen molar-refractivity contribution in [1.82, 2.24) is 5.32 Å². The molecule has 0 aromatic heterocycles. The molecule has 0 aromatic carbocycles. The molecule has 0 saturated heterocycles. The molecule has 0 rings (SSSR count). The van der Waals surface area contributed by atoms with Gasteiger partial charge in [-0.25, -0.2) is 0 Å². The fourth-order valence-corrected chi connectivity index (χ4v) is 1.44. The van der Waals surface area contributed by atoms with Crippen LogP contribution in [0.1, 0.15) is 0 Å². The van der Waals surface area contributed by atoms with Crippen LogP contribution < -0.4 is 5.32 Å². The quantitative estimate of drug-likeness (QED) is 0.363. The van der Waals surface area contributed by atoms with Crippen molar-refractivity contribution in [3.05, 3.63) is 0 Å². The Kier molecular flexibility index (Phi) is 9.73. The number of halogens is 2. The standard InChI is InChI=1S/C3H7I2NS/c4-3-6-1-2-7-5/h6H,1-3H2. The molecule has 0 aromatic rings. The average molecular weight is 343 g/mol. The highest BCUT2D eigenvalue weighted by Crippen LogP contribution is 2.07. The Labute approximate surface area is 74.1 Å². The van der Waals surface area contributed by atoms with Crippen molar-refractivity contribution in [2.24, 2.45) is 0 Å². The maximum Gasteiger partial charge on any atom is 0.0480 e. The minimum absolute atomic E-state index is 1.06. The number of hydrogen-bond donors (Lipinski definition) is 1. The zero-order valence-electron chi connectivity index (χ0n) is 3.79. The summed E-state index contributed by atoms with van der Waals surface area (Å²) in [5.74, 6) is 1.21. The van der Waals surface area contributed by atoms with Gasteiger partial charge in [-0.1, -0.05) is 31.5 Å². The van der Waals surface area contributed by atoms with Crippen LogP contribution in [0.15, 0.2) is 0 Å². The molecule has 0 heterocycles. The van der Waals surface area contributed by atoms with E-state index in [1.807, 2.05) is 8.93 Å². The molecule has 0 aliphatic heterocycles. The predicted octanol–water partition coefficient (Wildman–Crippen LogP) is 2.05. The zero-order valence-corrected chi connectivity index (χ0v) is 8.92. The first-order chi connectivity index (χ1) is 3.41. The van der Waals surface area contributed by atoms with Gasteiger partial charge in [-0.05, 0) is 21.2 Å². The van der Waals surface area contributed by atoms with Crippen LogP contribution in [-0.2, 0) is 0 Å². The highest BCUT2D eigenvalue weighted by atomic mass is 127. The van der Waals surface area contributed by atoms with E-state index in [0.29, 0.717) is 0 Å². The van der Waals surface area contributed by atoms with Gasteiger partial charge in [-0.3, -0.25) is 0 Å². The first-order valence-corrected chi connectivity index (χ1v) is 6.97. The van der Waals surface area contributed by atoms with Gasteiger partial charge in [0.25, 0.3) is 0 Å². The van der Waals surface area contributed by atoms with E-state index in [1.165, 1.54) is 5.75 Å². The van der Waals surface area contributed by atoms with Crippen LogP contribution in [0.5, 0.6) is 0 Å². The molecule has 0 atom stereocenters. The molecule has 0 aliphatic rings. The van der Waals surface area contributed by atoms with Crippen molar-refractivity contribution in [3.63, 3.8) is 0 Å². The third-order valence-electron chi connectivity index (χ3n) is 0.450. The molecular formula is C3H7I2NS. The number of hydrogen-bond acceptors (Lipinski definition) is 2. The van der Waals surface area contributed by atoms with Crippen LogP contribution >= 0.6 is 52.7 Å². The highest BCUT2D eigenvalue weighted by Gasteiger charge is 1.79. The van der Waals surface area contributed by atoms with Crippen LogP contribution in [0.3, 0.4) is 0 Å². The van der Waals surface area contributed by atoms with Gasteiger partial charge in [0.1, 0.15) is 0 Å². The molecule has 4 heteroatoms. The van der Waals surface area contributed by atoms with E-state index in [9.17, 15) is 0 Å². The molecule has 0 fully saturated rings. The fourth-order valence-electron chi connectivity index (χ4n) is 0.178. The summed E-state index contributed by atoms with van der Waals surface area (Å²) in [4.78, 5) is 0. The van der Waals surface area contributed by atoms with Crippen molar-refractivity contribution in [1.29, 1.82) is 0 Å². The van der Waals surface area contributed by atoms with Gasteiger partial charge >= 0.3 is 0 Å². The van der Waals surface area contributed by atoms with Gasteiger partial charge in [0.05, 0.1) is 0 Å². The van der Waals surface area contributed by atoms with E-state index in [0.717, 1.165) is 11.1 Å². The van der Waals surface area contributed by atoms with Crippen molar-refractivity contribution >= 4 is 52.7 Å². The molecule has 0 amide bonds. The van der Waals surface area contributed by atoms with Crippen molar-refractivity contribution < 1.29 is 0 Å². The Hall–Kier alpha value is 1.77. The van der Waals surface area contributed by atoms with Crippen LogP contribution in [0.4, 0.5) is 0 Å². The lowest BCUT2D eigenvalue weighted by Crippen LogP contribution is -2.13. The molecule has 0 bridgehead atoms. The number of rotatable bonds is 4. The van der Waals surface area contributed by atoms with Gasteiger partial charge in [-0.15, -0.1) is 0 Å². The largest absolute Gasteiger partial charge is 0.307 e. The minimum Gasteiger partial charge on any atom is -0.307 e. The fraction of sp³-hybridized carbons (Fsp3) is 1.00. The summed E-state index contributed by atoms with van der Waals surface area (Å²) in [5, 5.41) is 3.21. The van der Waals surface area contributed by atoms with Gasteiger partial charge in [0, 0.05) is 16.8 Å². The number of alkyl halides is 1. The molecule has 0 radical (unpaired) electrons. The summed E-state index contributed by atoms with van der Waals surface area (Å²) < 4.78 is 1.06. The Morgan fingerprint density at radius 2 is 2.29 bits per heavy atom. The van der Waals surface area contributed by atoms with E-state index < -0.39 is 0 Å². The smallest absolute Gasteiger partial charge is 0.0480 e. The Morgan fingerprint density at radius 3 is 2.71 bits per heavy atom. The molecule has 1 nitrogen and oxygen atoms in total. The van der Waals surface area contributed by atoms with E-state index in [-0.39, 0.29) is 0 Å². The van der Waals surface area contributed by atoms with Gasteiger partial charge in [-0.2, -0.15) is 0 Å². The lowest BCUT2D eigenvalue weighted by molar-refractivity contribution is 0.863. The molecular weight excluding hydrogens is 336 g/mol. The summed E-state index contributed by atoms with van der Waals surface area (Å²) in [7, 11) is 1.85. The van der Waals surface area contributed by atoms with Crippen molar-refractivity contribution in [2.75, 3.05) is 16.8 Å². The molecule has 0 spiro atoms. The van der Waals surface area contributed by atoms with Gasteiger partial charge in [0.2, 0.25) is 0 Å². The van der Waals surface area contributed by atoms with Crippen molar-refractivity contribution in [2.45, 2.75) is 0 Å². The molecule has 0 saturated carbocycles. The van der Waals surface area contributed by atoms with Crippen LogP contribution in [0.25, 0.3) is 0 Å². The predicted molar refractivity (Wildman–Crippen MR) is 53.4 cm³/mol. The monoisotopic (exact) mass is 343 g/mol. The third-order valence-corrected chi connectivity index (χ3v) is 2.67. The SMILES string of the molecule is ICNCCSI. The van der Waals surface area contributed by atoms with E-state index in [4.69, 9.17) is 0 Å². The summed E-state index contributed by atoms with van der Waals surface area (Å²) in [6.45, 7) is 1.14. The number of nitrogens with one attached hydrogen (secondary N) is 1. The summed E-state index contributed by atoms with van der Waals surface area (Å²) in [5.41, 5.74) is 0.